The molecule has 2 aromatic heterocycles. The van der Waals surface area contributed by atoms with E-state index in [1.165, 1.54) is 0 Å². The second-order valence-electron chi connectivity index (χ2n) is 7.16. The van der Waals surface area contributed by atoms with E-state index in [1.54, 1.807) is 17.0 Å². The highest BCUT2D eigenvalue weighted by atomic mass is 16.5. The largest absolute Gasteiger partial charge is 0.490 e. The van der Waals surface area contributed by atoms with Crippen molar-refractivity contribution in [3.63, 3.8) is 0 Å². The van der Waals surface area contributed by atoms with Crippen LogP contribution < -0.4 is 4.74 Å². The number of hydrogen-bond donors (Lipinski definition) is 0. The number of fused-ring (bicyclic) bond motifs is 2. The average Bonchev–Trinajstić information content (AvgIpc) is 3.44. The molecule has 5 rings (SSSR count). The maximum Gasteiger partial charge on any atom is 0.326 e. The third-order valence-corrected chi connectivity index (χ3v) is 4.95. The van der Waals surface area contributed by atoms with Gasteiger partial charge < -0.3 is 18.6 Å². The number of esters is 1. The van der Waals surface area contributed by atoms with Crippen molar-refractivity contribution in [3.05, 3.63) is 66.1 Å². The van der Waals surface area contributed by atoms with Crippen LogP contribution in [0.5, 0.6) is 5.75 Å². The lowest BCUT2D eigenvalue weighted by molar-refractivity contribution is -0.145. The number of benzene rings is 2. The summed E-state index contributed by atoms with van der Waals surface area (Å²) in [4.78, 5) is 16.5. The van der Waals surface area contributed by atoms with E-state index in [0.29, 0.717) is 11.5 Å². The predicted octanol–water partition coefficient (Wildman–Crippen LogP) is 3.76. The van der Waals surface area contributed by atoms with Gasteiger partial charge >= 0.3 is 5.97 Å². The molecular weight excluding hydrogens is 370 g/mol. The third-order valence-electron chi connectivity index (χ3n) is 4.95. The van der Waals surface area contributed by atoms with Crippen molar-refractivity contribution in [1.82, 2.24) is 14.7 Å². The first-order valence-corrected chi connectivity index (χ1v) is 9.47. The molecule has 1 atom stereocenters. The zero-order chi connectivity index (χ0) is 19.8. The number of aromatic nitrogens is 3. The summed E-state index contributed by atoms with van der Waals surface area (Å²) in [6.07, 6.45) is 2.71. The lowest BCUT2D eigenvalue weighted by atomic mass is 10.1. The summed E-state index contributed by atoms with van der Waals surface area (Å²) in [7, 11) is 0. The molecule has 29 heavy (non-hydrogen) atoms. The molecule has 1 aliphatic rings. The zero-order valence-corrected chi connectivity index (χ0v) is 15.9. The molecule has 0 saturated heterocycles. The molecule has 0 radical (unpaired) electrons. The smallest absolute Gasteiger partial charge is 0.326 e. The van der Waals surface area contributed by atoms with Gasteiger partial charge in [-0.05, 0) is 42.8 Å². The normalized spacial score (nSPS) is 15.3. The Morgan fingerprint density at radius 3 is 3.07 bits per heavy atom. The first-order chi connectivity index (χ1) is 14.2. The van der Waals surface area contributed by atoms with E-state index < -0.39 is 0 Å². The van der Waals surface area contributed by atoms with Crippen LogP contribution in [-0.4, -0.2) is 26.8 Å². The van der Waals surface area contributed by atoms with Crippen LogP contribution in [0.2, 0.25) is 0 Å². The summed E-state index contributed by atoms with van der Waals surface area (Å²) in [6.45, 7) is 2.20. The SMILES string of the molecule is C[C@@H]1Cc2cc(-c3cc(COC(=O)Cn4cnc5ccccc54)no3)ccc2O1. The van der Waals surface area contributed by atoms with E-state index in [1.807, 2.05) is 43.3 Å². The quantitative estimate of drug-likeness (QED) is 0.484. The molecule has 0 saturated carbocycles. The van der Waals surface area contributed by atoms with E-state index in [-0.39, 0.29) is 25.2 Å². The van der Waals surface area contributed by atoms with Crippen molar-refractivity contribution in [3.8, 4) is 17.1 Å². The molecule has 0 aliphatic carbocycles. The molecule has 7 heteroatoms. The van der Waals surface area contributed by atoms with E-state index in [0.717, 1.165) is 34.3 Å². The van der Waals surface area contributed by atoms with Crippen molar-refractivity contribution >= 4 is 17.0 Å². The lowest BCUT2D eigenvalue weighted by Crippen LogP contribution is -2.12. The topological polar surface area (TPSA) is 79.4 Å². The lowest BCUT2D eigenvalue weighted by Gasteiger charge is -2.04. The van der Waals surface area contributed by atoms with Crippen LogP contribution in [0.25, 0.3) is 22.4 Å². The van der Waals surface area contributed by atoms with Gasteiger partial charge in [0.15, 0.2) is 5.76 Å². The fourth-order valence-corrected chi connectivity index (χ4v) is 3.57. The first kappa shape index (κ1) is 17.5. The van der Waals surface area contributed by atoms with Gasteiger partial charge in [-0.15, -0.1) is 0 Å². The number of rotatable bonds is 5. The van der Waals surface area contributed by atoms with Crippen molar-refractivity contribution in [2.75, 3.05) is 0 Å². The molecule has 1 aliphatic heterocycles. The van der Waals surface area contributed by atoms with Gasteiger partial charge in [0, 0.05) is 18.1 Å². The van der Waals surface area contributed by atoms with Gasteiger partial charge in [-0.3, -0.25) is 4.79 Å². The second kappa shape index (κ2) is 7.09. The standard InChI is InChI=1S/C22H19N3O4/c1-14-8-16-9-15(6-7-20(16)28-14)21-10-17(24-29-21)12-27-22(26)11-25-13-23-18-4-2-3-5-19(18)25/h2-7,9-10,13-14H,8,11-12H2,1H3/t14-/m1/s1. The first-order valence-electron chi connectivity index (χ1n) is 9.47. The summed E-state index contributed by atoms with van der Waals surface area (Å²) in [5.41, 5.74) is 4.39. The van der Waals surface area contributed by atoms with Crippen molar-refractivity contribution < 1.29 is 18.8 Å². The van der Waals surface area contributed by atoms with Crippen LogP contribution in [0.15, 0.2) is 59.4 Å². The summed E-state index contributed by atoms with van der Waals surface area (Å²) in [5, 5.41) is 4.02. The Morgan fingerprint density at radius 1 is 1.24 bits per heavy atom. The minimum Gasteiger partial charge on any atom is -0.490 e. The Morgan fingerprint density at radius 2 is 2.14 bits per heavy atom. The summed E-state index contributed by atoms with van der Waals surface area (Å²) < 4.78 is 18.3. The molecule has 0 spiro atoms. The van der Waals surface area contributed by atoms with Crippen LogP contribution in [-0.2, 0) is 29.1 Å². The number of imidazole rings is 1. The van der Waals surface area contributed by atoms with E-state index in [9.17, 15) is 4.79 Å². The van der Waals surface area contributed by atoms with Crippen LogP contribution in [0.3, 0.4) is 0 Å². The molecule has 7 nitrogen and oxygen atoms in total. The number of carbonyl (C=O) groups is 1. The molecule has 146 valence electrons. The Labute approximate surface area is 166 Å². The predicted molar refractivity (Wildman–Crippen MR) is 105 cm³/mol. The van der Waals surface area contributed by atoms with Gasteiger partial charge in [0.05, 0.1) is 17.4 Å². The molecule has 4 aromatic rings. The number of para-hydroxylation sites is 2. The maximum absolute atomic E-state index is 12.2. The monoisotopic (exact) mass is 389 g/mol. The van der Waals surface area contributed by atoms with Crippen LogP contribution >= 0.6 is 0 Å². The van der Waals surface area contributed by atoms with Gasteiger partial charge in [-0.2, -0.15) is 0 Å². The van der Waals surface area contributed by atoms with Gasteiger partial charge in [0.2, 0.25) is 0 Å². The number of hydrogen-bond acceptors (Lipinski definition) is 6. The number of carbonyl (C=O) groups excluding carboxylic acids is 1. The van der Waals surface area contributed by atoms with Gasteiger partial charge in [-0.1, -0.05) is 17.3 Å². The van der Waals surface area contributed by atoms with Crippen molar-refractivity contribution in [2.45, 2.75) is 32.6 Å². The van der Waals surface area contributed by atoms with Gasteiger partial charge in [0.1, 0.15) is 30.7 Å². The van der Waals surface area contributed by atoms with Crippen LogP contribution in [0, 0.1) is 0 Å². The fourth-order valence-electron chi connectivity index (χ4n) is 3.57. The molecule has 0 N–H and O–H groups in total. The molecule has 3 heterocycles. The van der Waals surface area contributed by atoms with Crippen molar-refractivity contribution in [2.24, 2.45) is 0 Å². The van der Waals surface area contributed by atoms with Crippen LogP contribution in [0.4, 0.5) is 0 Å². The highest BCUT2D eigenvalue weighted by Gasteiger charge is 2.20. The average molecular weight is 389 g/mol. The molecular formula is C22H19N3O4. The minimum atomic E-state index is -0.360. The Balaban J connectivity index is 1.23. The van der Waals surface area contributed by atoms with E-state index >= 15 is 0 Å². The molecule has 0 bridgehead atoms. The Bertz CT molecular complexity index is 1190. The molecule has 0 amide bonds. The zero-order valence-electron chi connectivity index (χ0n) is 15.9. The van der Waals surface area contributed by atoms with Crippen molar-refractivity contribution in [1.29, 1.82) is 0 Å². The van der Waals surface area contributed by atoms with Crippen LogP contribution in [0.1, 0.15) is 18.2 Å². The maximum atomic E-state index is 12.2. The highest BCUT2D eigenvalue weighted by molar-refractivity contribution is 5.78. The Hall–Kier alpha value is -3.61. The van der Waals surface area contributed by atoms with Gasteiger partial charge in [-0.25, -0.2) is 4.98 Å². The molecule has 0 fully saturated rings. The minimum absolute atomic E-state index is 0.0556. The summed E-state index contributed by atoms with van der Waals surface area (Å²) >= 11 is 0. The van der Waals surface area contributed by atoms with E-state index in [2.05, 4.69) is 16.2 Å². The third kappa shape index (κ3) is 3.47. The summed E-state index contributed by atoms with van der Waals surface area (Å²) in [6, 6.07) is 15.4. The second-order valence-corrected chi connectivity index (χ2v) is 7.16. The van der Waals surface area contributed by atoms with Gasteiger partial charge in [0.25, 0.3) is 0 Å². The molecule has 2 aromatic carbocycles. The number of nitrogens with zero attached hydrogens (tertiary/aromatic N) is 3. The highest BCUT2D eigenvalue weighted by Crippen LogP contribution is 2.33. The Kier molecular flexibility index (Phi) is 4.27. The fraction of sp³-hybridized carbons (Fsp3) is 0.227. The number of ether oxygens (including phenoxy) is 2. The summed E-state index contributed by atoms with van der Waals surface area (Å²) in [5.74, 6) is 1.20. The molecule has 0 unspecified atom stereocenters. The van der Waals surface area contributed by atoms with E-state index in [4.69, 9.17) is 14.0 Å².